The van der Waals surface area contributed by atoms with Crippen LogP contribution in [0.15, 0.2) is 29.3 Å². The first-order valence-electron chi connectivity index (χ1n) is 6.41. The summed E-state index contributed by atoms with van der Waals surface area (Å²) in [7, 11) is 0. The van der Waals surface area contributed by atoms with Crippen molar-refractivity contribution in [3.63, 3.8) is 0 Å². The van der Waals surface area contributed by atoms with Crippen molar-refractivity contribution in [2.45, 2.75) is 6.18 Å². The molecule has 1 N–H and O–H groups in total. The summed E-state index contributed by atoms with van der Waals surface area (Å²) >= 11 is 11.6. The van der Waals surface area contributed by atoms with Crippen LogP contribution in [0.25, 0.3) is 16.8 Å². The molecule has 0 bridgehead atoms. The van der Waals surface area contributed by atoms with Crippen molar-refractivity contribution in [3.05, 3.63) is 56.4 Å². The Bertz CT molecular complexity index is 1010. The Hall–Kier alpha value is -2.46. The van der Waals surface area contributed by atoms with E-state index in [4.69, 9.17) is 23.2 Å². The normalized spacial score (nSPS) is 11.8. The van der Waals surface area contributed by atoms with Crippen LogP contribution in [0.4, 0.5) is 17.6 Å². The van der Waals surface area contributed by atoms with E-state index in [9.17, 15) is 22.4 Å². The van der Waals surface area contributed by atoms with Crippen molar-refractivity contribution in [1.29, 1.82) is 0 Å². The van der Waals surface area contributed by atoms with Gasteiger partial charge in [-0.15, -0.1) is 5.10 Å². The average Bonchev–Trinajstić information content (AvgIpc) is 3.01. The quantitative estimate of drug-likeness (QED) is 0.676. The van der Waals surface area contributed by atoms with E-state index < -0.39 is 28.8 Å². The summed E-state index contributed by atoms with van der Waals surface area (Å²) in [5.41, 5.74) is -3.13. The first-order valence-corrected chi connectivity index (χ1v) is 7.17. The highest BCUT2D eigenvalue weighted by Gasteiger charge is 2.35. The number of halogens is 6. The summed E-state index contributed by atoms with van der Waals surface area (Å²) in [6.07, 6.45) is -3.14. The Morgan fingerprint density at radius 1 is 1.12 bits per heavy atom. The monoisotopic (exact) mass is 393 g/mol. The van der Waals surface area contributed by atoms with Crippen LogP contribution >= 0.6 is 23.2 Å². The molecule has 2 aromatic heterocycles. The number of rotatable bonds is 2. The Balaban J connectivity index is 2.32. The smallest absolute Gasteiger partial charge is 0.267 e. The molecule has 6 nitrogen and oxygen atoms in total. The lowest BCUT2D eigenvalue weighted by atomic mass is 10.0. The van der Waals surface area contributed by atoms with Gasteiger partial charge in [-0.2, -0.15) is 18.3 Å². The Morgan fingerprint density at radius 2 is 1.84 bits per heavy atom. The van der Waals surface area contributed by atoms with Crippen molar-refractivity contribution in [2.24, 2.45) is 0 Å². The fraction of sp³-hybridized carbons (Fsp3) is 0.0769. The van der Waals surface area contributed by atoms with E-state index in [1.165, 1.54) is 6.07 Å². The van der Waals surface area contributed by atoms with E-state index in [-0.39, 0.29) is 21.3 Å². The molecule has 3 aromatic rings. The van der Waals surface area contributed by atoms with Gasteiger partial charge >= 0.3 is 6.18 Å². The SMILES string of the molecule is O=c1[nH]ncc(Cl)c1-c1c(-n2cc(C(F)(F)F)nn2)ccc(Cl)c1F. The molecule has 0 unspecified atom stereocenters. The van der Waals surface area contributed by atoms with Gasteiger partial charge in [0.05, 0.1) is 39.3 Å². The minimum atomic E-state index is -4.74. The van der Waals surface area contributed by atoms with Crippen LogP contribution in [0.3, 0.4) is 0 Å². The molecule has 0 fully saturated rings. The molecular weight excluding hydrogens is 389 g/mol. The molecule has 130 valence electrons. The fourth-order valence-electron chi connectivity index (χ4n) is 2.09. The number of aromatic amines is 1. The second-order valence-corrected chi connectivity index (χ2v) is 5.54. The zero-order valence-electron chi connectivity index (χ0n) is 11.8. The molecule has 0 amide bonds. The molecular formula is C13H5Cl2F4N5O. The number of benzene rings is 1. The third-order valence-electron chi connectivity index (χ3n) is 3.16. The predicted molar refractivity (Wildman–Crippen MR) is 80.2 cm³/mol. The lowest BCUT2D eigenvalue weighted by Crippen LogP contribution is -2.14. The lowest BCUT2D eigenvalue weighted by Gasteiger charge is -2.12. The van der Waals surface area contributed by atoms with Gasteiger partial charge in [0.25, 0.3) is 5.56 Å². The van der Waals surface area contributed by atoms with Crippen LogP contribution in [0.2, 0.25) is 10.0 Å². The van der Waals surface area contributed by atoms with Gasteiger partial charge in [-0.05, 0) is 12.1 Å². The third-order valence-corrected chi connectivity index (χ3v) is 3.74. The first-order chi connectivity index (χ1) is 11.7. The van der Waals surface area contributed by atoms with E-state index in [2.05, 4.69) is 20.5 Å². The van der Waals surface area contributed by atoms with Gasteiger partial charge in [-0.25, -0.2) is 14.2 Å². The number of aromatic nitrogens is 5. The molecule has 0 spiro atoms. The number of nitrogens with one attached hydrogen (secondary N) is 1. The molecule has 3 rings (SSSR count). The van der Waals surface area contributed by atoms with Crippen molar-refractivity contribution >= 4 is 23.2 Å². The maximum absolute atomic E-state index is 14.6. The van der Waals surface area contributed by atoms with Gasteiger partial charge < -0.3 is 0 Å². The predicted octanol–water partition coefficient (Wildman–Crippen LogP) is 3.48. The number of nitrogens with zero attached hydrogens (tertiary/aromatic N) is 4. The van der Waals surface area contributed by atoms with Crippen molar-refractivity contribution < 1.29 is 17.6 Å². The molecule has 0 aliphatic heterocycles. The molecule has 0 radical (unpaired) electrons. The highest BCUT2D eigenvalue weighted by molar-refractivity contribution is 6.34. The Labute approximate surface area is 146 Å². The zero-order valence-corrected chi connectivity index (χ0v) is 13.3. The number of hydrogen-bond donors (Lipinski definition) is 1. The molecule has 25 heavy (non-hydrogen) atoms. The topological polar surface area (TPSA) is 76.5 Å². The molecule has 0 saturated heterocycles. The maximum Gasteiger partial charge on any atom is 0.436 e. The highest BCUT2D eigenvalue weighted by Crippen LogP contribution is 2.35. The molecule has 0 saturated carbocycles. The third kappa shape index (κ3) is 3.10. The van der Waals surface area contributed by atoms with Crippen LogP contribution in [0.1, 0.15) is 5.69 Å². The summed E-state index contributed by atoms with van der Waals surface area (Å²) in [4.78, 5) is 12.0. The van der Waals surface area contributed by atoms with Gasteiger partial charge in [0, 0.05) is 0 Å². The van der Waals surface area contributed by atoms with Crippen LogP contribution in [-0.4, -0.2) is 25.2 Å². The van der Waals surface area contributed by atoms with E-state index in [0.29, 0.717) is 10.9 Å². The second-order valence-electron chi connectivity index (χ2n) is 4.72. The molecule has 2 heterocycles. The summed E-state index contributed by atoms with van der Waals surface area (Å²) < 4.78 is 53.4. The summed E-state index contributed by atoms with van der Waals surface area (Å²) in [6, 6.07) is 2.29. The zero-order chi connectivity index (χ0) is 18.4. The fourth-order valence-corrected chi connectivity index (χ4v) is 2.48. The van der Waals surface area contributed by atoms with E-state index in [1.54, 1.807) is 0 Å². The molecule has 1 aromatic carbocycles. The first kappa shape index (κ1) is 17.4. The van der Waals surface area contributed by atoms with Crippen molar-refractivity contribution in [3.8, 4) is 16.8 Å². The van der Waals surface area contributed by atoms with Gasteiger partial charge in [-0.1, -0.05) is 28.4 Å². The largest absolute Gasteiger partial charge is 0.436 e. The average molecular weight is 394 g/mol. The van der Waals surface area contributed by atoms with E-state index in [0.717, 1.165) is 12.3 Å². The summed E-state index contributed by atoms with van der Waals surface area (Å²) in [6.45, 7) is 0. The Kier molecular flexibility index (Phi) is 4.25. The minimum Gasteiger partial charge on any atom is -0.267 e. The standard InChI is InChI=1S/C13H5Cl2F4N5O/c14-5-1-2-7(24-4-8(21-23-24)13(17,18)19)10(11(5)16)9-6(15)3-20-22-12(9)25/h1-4H,(H,22,25). The minimum absolute atomic E-state index is 0.205. The van der Waals surface area contributed by atoms with Crippen LogP contribution in [0, 0.1) is 5.82 Å². The van der Waals surface area contributed by atoms with Crippen LogP contribution in [-0.2, 0) is 6.18 Å². The molecule has 12 heteroatoms. The van der Waals surface area contributed by atoms with Crippen molar-refractivity contribution in [2.75, 3.05) is 0 Å². The maximum atomic E-state index is 14.6. The van der Waals surface area contributed by atoms with Gasteiger partial charge in [0.1, 0.15) is 0 Å². The number of H-pyrrole nitrogens is 1. The van der Waals surface area contributed by atoms with Gasteiger partial charge in [-0.3, -0.25) is 4.79 Å². The Morgan fingerprint density at radius 3 is 2.44 bits per heavy atom. The van der Waals surface area contributed by atoms with Gasteiger partial charge in [0.15, 0.2) is 11.5 Å². The lowest BCUT2D eigenvalue weighted by molar-refractivity contribution is -0.141. The second kappa shape index (κ2) is 6.12. The van der Waals surface area contributed by atoms with E-state index in [1.807, 2.05) is 0 Å². The molecule has 0 aliphatic carbocycles. The summed E-state index contributed by atoms with van der Waals surface area (Å²) in [5, 5.41) is 11.3. The van der Waals surface area contributed by atoms with E-state index >= 15 is 0 Å². The highest BCUT2D eigenvalue weighted by atomic mass is 35.5. The van der Waals surface area contributed by atoms with Crippen molar-refractivity contribution in [1.82, 2.24) is 25.2 Å². The van der Waals surface area contributed by atoms with Gasteiger partial charge in [0.2, 0.25) is 0 Å². The number of hydrogen-bond acceptors (Lipinski definition) is 4. The van der Waals surface area contributed by atoms with Crippen LogP contribution in [0.5, 0.6) is 0 Å². The molecule has 0 aliphatic rings. The summed E-state index contributed by atoms with van der Waals surface area (Å²) in [5.74, 6) is -1.05. The number of alkyl halides is 3. The van der Waals surface area contributed by atoms with Crippen LogP contribution < -0.4 is 5.56 Å². The molecule has 0 atom stereocenters.